The first kappa shape index (κ1) is 9.21. The average molecular weight is 189 g/mol. The van der Waals surface area contributed by atoms with Gasteiger partial charge in [0.25, 0.3) is 0 Å². The largest absolute Gasteiger partial charge is 0.311 e. The quantitative estimate of drug-likeness (QED) is 0.743. The number of imidazole rings is 1. The Morgan fingerprint density at radius 2 is 2.36 bits per heavy atom. The summed E-state index contributed by atoms with van der Waals surface area (Å²) in [5.41, 5.74) is 2.27. The SMILES string of the molecule is CCCNCc1cccc2nccn12. The normalized spacial score (nSPS) is 10.9. The molecule has 0 aliphatic heterocycles. The van der Waals surface area contributed by atoms with Crippen LogP contribution in [-0.2, 0) is 6.54 Å². The maximum absolute atomic E-state index is 4.24. The molecule has 2 rings (SSSR count). The summed E-state index contributed by atoms with van der Waals surface area (Å²) < 4.78 is 2.11. The second kappa shape index (κ2) is 4.24. The predicted octanol–water partition coefficient (Wildman–Crippen LogP) is 1.83. The van der Waals surface area contributed by atoms with Crippen molar-refractivity contribution in [3.8, 4) is 0 Å². The van der Waals surface area contributed by atoms with Gasteiger partial charge in [-0.1, -0.05) is 13.0 Å². The first-order chi connectivity index (χ1) is 6.92. The number of rotatable bonds is 4. The van der Waals surface area contributed by atoms with Crippen LogP contribution < -0.4 is 5.32 Å². The van der Waals surface area contributed by atoms with Crippen molar-refractivity contribution in [1.82, 2.24) is 14.7 Å². The Morgan fingerprint density at radius 1 is 1.43 bits per heavy atom. The first-order valence-electron chi connectivity index (χ1n) is 5.03. The van der Waals surface area contributed by atoms with Gasteiger partial charge in [-0.3, -0.25) is 0 Å². The molecule has 74 valence electrons. The summed E-state index contributed by atoms with van der Waals surface area (Å²) >= 11 is 0. The Kier molecular flexibility index (Phi) is 2.79. The zero-order valence-electron chi connectivity index (χ0n) is 8.40. The van der Waals surface area contributed by atoms with E-state index in [2.05, 4.69) is 27.7 Å². The Labute approximate surface area is 83.8 Å². The number of hydrogen-bond acceptors (Lipinski definition) is 2. The van der Waals surface area contributed by atoms with Crippen molar-refractivity contribution < 1.29 is 0 Å². The molecule has 3 nitrogen and oxygen atoms in total. The average Bonchev–Trinajstić information content (AvgIpc) is 2.67. The second-order valence-electron chi connectivity index (χ2n) is 3.35. The molecule has 0 fully saturated rings. The van der Waals surface area contributed by atoms with E-state index >= 15 is 0 Å². The minimum Gasteiger partial charge on any atom is -0.311 e. The molecular formula is C11H15N3. The molecule has 0 spiro atoms. The Morgan fingerprint density at radius 3 is 3.21 bits per heavy atom. The van der Waals surface area contributed by atoms with Crippen LogP contribution >= 0.6 is 0 Å². The van der Waals surface area contributed by atoms with Crippen LogP contribution in [0, 0.1) is 0 Å². The van der Waals surface area contributed by atoms with E-state index in [1.165, 1.54) is 12.1 Å². The fraction of sp³-hybridized carbons (Fsp3) is 0.364. The molecule has 0 amide bonds. The van der Waals surface area contributed by atoms with E-state index in [-0.39, 0.29) is 0 Å². The highest BCUT2D eigenvalue weighted by atomic mass is 15.0. The number of aromatic nitrogens is 2. The summed E-state index contributed by atoms with van der Waals surface area (Å²) in [6, 6.07) is 6.19. The Bertz CT molecular complexity index is 406. The summed E-state index contributed by atoms with van der Waals surface area (Å²) in [5, 5.41) is 3.38. The van der Waals surface area contributed by atoms with Crippen LogP contribution in [0.2, 0.25) is 0 Å². The molecule has 0 atom stereocenters. The van der Waals surface area contributed by atoms with E-state index in [0.717, 1.165) is 18.7 Å². The van der Waals surface area contributed by atoms with Gasteiger partial charge in [0.05, 0.1) is 0 Å². The Balaban J connectivity index is 2.19. The molecule has 0 saturated heterocycles. The van der Waals surface area contributed by atoms with Crippen molar-refractivity contribution in [2.75, 3.05) is 6.54 Å². The number of pyridine rings is 1. The van der Waals surface area contributed by atoms with Crippen molar-refractivity contribution in [3.05, 3.63) is 36.3 Å². The Hall–Kier alpha value is -1.35. The molecule has 0 aromatic carbocycles. The van der Waals surface area contributed by atoms with Crippen LogP contribution in [-0.4, -0.2) is 15.9 Å². The zero-order chi connectivity index (χ0) is 9.80. The molecule has 3 heteroatoms. The number of hydrogen-bond donors (Lipinski definition) is 1. The molecule has 0 saturated carbocycles. The van der Waals surface area contributed by atoms with Crippen molar-refractivity contribution in [2.24, 2.45) is 0 Å². The van der Waals surface area contributed by atoms with Crippen molar-refractivity contribution in [3.63, 3.8) is 0 Å². The molecular weight excluding hydrogens is 174 g/mol. The third-order valence-electron chi connectivity index (χ3n) is 2.25. The lowest BCUT2D eigenvalue weighted by atomic mass is 10.3. The maximum atomic E-state index is 4.24. The summed E-state index contributed by atoms with van der Waals surface area (Å²) in [6.07, 6.45) is 5.00. The molecule has 0 bridgehead atoms. The van der Waals surface area contributed by atoms with Crippen molar-refractivity contribution in [1.29, 1.82) is 0 Å². The number of fused-ring (bicyclic) bond motifs is 1. The minimum absolute atomic E-state index is 0.904. The molecule has 0 aliphatic rings. The lowest BCUT2D eigenvalue weighted by Crippen LogP contribution is -2.15. The van der Waals surface area contributed by atoms with E-state index in [0.29, 0.717) is 0 Å². The van der Waals surface area contributed by atoms with Gasteiger partial charge in [-0.25, -0.2) is 4.98 Å². The standard InChI is InChI=1S/C11H15N3/c1-2-6-12-9-10-4-3-5-11-13-7-8-14(10)11/h3-5,7-8,12H,2,6,9H2,1H3. The zero-order valence-corrected chi connectivity index (χ0v) is 8.40. The highest BCUT2D eigenvalue weighted by molar-refractivity contribution is 5.39. The third kappa shape index (κ3) is 1.77. The summed E-state index contributed by atoms with van der Waals surface area (Å²) in [4.78, 5) is 4.24. The summed E-state index contributed by atoms with van der Waals surface area (Å²) in [7, 11) is 0. The molecule has 14 heavy (non-hydrogen) atoms. The van der Waals surface area contributed by atoms with Crippen LogP contribution in [0.3, 0.4) is 0 Å². The summed E-state index contributed by atoms with van der Waals surface area (Å²) in [5.74, 6) is 0. The van der Waals surface area contributed by atoms with E-state index in [1.54, 1.807) is 0 Å². The van der Waals surface area contributed by atoms with E-state index < -0.39 is 0 Å². The molecule has 2 aromatic rings. The van der Waals surface area contributed by atoms with Gasteiger partial charge in [0.15, 0.2) is 0 Å². The van der Waals surface area contributed by atoms with Gasteiger partial charge in [0.2, 0.25) is 0 Å². The van der Waals surface area contributed by atoms with E-state index in [4.69, 9.17) is 0 Å². The molecule has 2 aromatic heterocycles. The van der Waals surface area contributed by atoms with Gasteiger partial charge in [-0.15, -0.1) is 0 Å². The van der Waals surface area contributed by atoms with Crippen LogP contribution in [0.25, 0.3) is 5.65 Å². The highest BCUT2D eigenvalue weighted by Gasteiger charge is 1.98. The topological polar surface area (TPSA) is 29.3 Å². The third-order valence-corrected chi connectivity index (χ3v) is 2.25. The minimum atomic E-state index is 0.904. The van der Waals surface area contributed by atoms with Gasteiger partial charge in [0, 0.05) is 24.6 Å². The van der Waals surface area contributed by atoms with Gasteiger partial charge >= 0.3 is 0 Å². The molecule has 2 heterocycles. The monoisotopic (exact) mass is 189 g/mol. The predicted molar refractivity (Wildman–Crippen MR) is 57.2 cm³/mol. The lowest BCUT2D eigenvalue weighted by Gasteiger charge is -2.05. The van der Waals surface area contributed by atoms with Crippen LogP contribution in [0.5, 0.6) is 0 Å². The van der Waals surface area contributed by atoms with Crippen LogP contribution in [0.4, 0.5) is 0 Å². The first-order valence-corrected chi connectivity index (χ1v) is 5.03. The van der Waals surface area contributed by atoms with E-state index in [9.17, 15) is 0 Å². The fourth-order valence-corrected chi connectivity index (χ4v) is 1.54. The molecule has 0 unspecified atom stereocenters. The highest BCUT2D eigenvalue weighted by Crippen LogP contribution is 2.05. The van der Waals surface area contributed by atoms with Crippen LogP contribution in [0.15, 0.2) is 30.6 Å². The molecule has 0 aliphatic carbocycles. The maximum Gasteiger partial charge on any atom is 0.136 e. The number of nitrogens with one attached hydrogen (secondary N) is 1. The van der Waals surface area contributed by atoms with Crippen molar-refractivity contribution >= 4 is 5.65 Å². The summed E-state index contributed by atoms with van der Waals surface area (Å²) in [6.45, 7) is 4.14. The second-order valence-corrected chi connectivity index (χ2v) is 3.35. The van der Waals surface area contributed by atoms with Gasteiger partial charge in [-0.2, -0.15) is 0 Å². The molecule has 0 radical (unpaired) electrons. The number of nitrogens with zero attached hydrogens (tertiary/aromatic N) is 2. The molecule has 1 N–H and O–H groups in total. The van der Waals surface area contributed by atoms with Gasteiger partial charge in [-0.05, 0) is 25.1 Å². The smallest absolute Gasteiger partial charge is 0.136 e. The lowest BCUT2D eigenvalue weighted by molar-refractivity contribution is 0.659. The van der Waals surface area contributed by atoms with Crippen LogP contribution in [0.1, 0.15) is 19.0 Å². The van der Waals surface area contributed by atoms with Gasteiger partial charge < -0.3 is 9.72 Å². The van der Waals surface area contributed by atoms with Gasteiger partial charge in [0.1, 0.15) is 5.65 Å². The van der Waals surface area contributed by atoms with Crippen molar-refractivity contribution in [2.45, 2.75) is 19.9 Å². The fourth-order valence-electron chi connectivity index (χ4n) is 1.54. The van der Waals surface area contributed by atoms with E-state index in [1.807, 2.05) is 24.5 Å².